The third kappa shape index (κ3) is 22.7. The molecule has 28 heavy (non-hydrogen) atoms. The Labute approximate surface area is 166 Å². The average molecular weight is 409 g/mol. The van der Waals surface area contributed by atoms with Gasteiger partial charge in [-0.2, -0.15) is 0 Å². The minimum Gasteiger partial charge on any atom is -0.480 e. The van der Waals surface area contributed by atoms with Gasteiger partial charge in [0.15, 0.2) is 0 Å². The highest BCUT2D eigenvalue weighted by Crippen LogP contribution is 1.88. The van der Waals surface area contributed by atoms with Crippen molar-refractivity contribution in [3.63, 3.8) is 0 Å². The van der Waals surface area contributed by atoms with Crippen LogP contribution in [-0.4, -0.2) is 103 Å². The van der Waals surface area contributed by atoms with Gasteiger partial charge in [-0.3, -0.25) is 4.79 Å². The van der Waals surface area contributed by atoms with Gasteiger partial charge < -0.3 is 38.8 Å². The van der Waals surface area contributed by atoms with Gasteiger partial charge in [0.2, 0.25) is 5.91 Å². The molecule has 0 spiro atoms. The summed E-state index contributed by atoms with van der Waals surface area (Å²) in [7, 11) is 0. The van der Waals surface area contributed by atoms with Gasteiger partial charge in [-0.05, 0) is 6.42 Å². The molecule has 0 aliphatic heterocycles. The lowest BCUT2D eigenvalue weighted by atomic mass is 10.4. The first-order valence-electron chi connectivity index (χ1n) is 9.61. The summed E-state index contributed by atoms with van der Waals surface area (Å²) in [4.78, 5) is 21.5. The molecule has 0 bridgehead atoms. The third-order valence-corrected chi connectivity index (χ3v) is 3.16. The summed E-state index contributed by atoms with van der Waals surface area (Å²) in [5, 5.41) is 10.9. The lowest BCUT2D eigenvalue weighted by molar-refractivity contribution is -0.143. The van der Waals surface area contributed by atoms with Crippen LogP contribution < -0.4 is 5.32 Å². The molecule has 10 nitrogen and oxygen atoms in total. The number of carboxylic acid groups (broad SMARTS) is 1. The van der Waals surface area contributed by atoms with Gasteiger partial charge in [0, 0.05) is 13.2 Å². The fraction of sp³-hybridized carbons (Fsp3) is 0.889. The van der Waals surface area contributed by atoms with Crippen LogP contribution in [0.2, 0.25) is 0 Å². The molecule has 0 aromatic rings. The Bertz CT molecular complexity index is 369. The van der Waals surface area contributed by atoms with Crippen molar-refractivity contribution in [1.29, 1.82) is 0 Å². The number of hydrogen-bond acceptors (Lipinski definition) is 8. The van der Waals surface area contributed by atoms with E-state index in [1.54, 1.807) is 0 Å². The van der Waals surface area contributed by atoms with Crippen molar-refractivity contribution in [2.24, 2.45) is 0 Å². The zero-order chi connectivity index (χ0) is 20.7. The second-order valence-electron chi connectivity index (χ2n) is 5.65. The summed E-state index contributed by atoms with van der Waals surface area (Å²) in [6.45, 7) is 6.85. The van der Waals surface area contributed by atoms with Crippen molar-refractivity contribution in [2.45, 2.75) is 19.8 Å². The molecule has 10 heteroatoms. The van der Waals surface area contributed by atoms with E-state index in [1.165, 1.54) is 0 Å². The average Bonchev–Trinajstić information content (AvgIpc) is 2.66. The predicted octanol–water partition coefficient (Wildman–Crippen LogP) is 0.0869. The summed E-state index contributed by atoms with van der Waals surface area (Å²) in [6.07, 6.45) is 2.21. The van der Waals surface area contributed by atoms with E-state index in [4.69, 9.17) is 28.8 Å². The summed E-state index contributed by atoms with van der Waals surface area (Å²) in [6, 6.07) is 0. The van der Waals surface area contributed by atoms with Gasteiger partial charge in [-0.25, -0.2) is 4.79 Å². The molecule has 0 radical (unpaired) electrons. The van der Waals surface area contributed by atoms with Crippen molar-refractivity contribution in [3.8, 4) is 0 Å². The monoisotopic (exact) mass is 409 g/mol. The van der Waals surface area contributed by atoms with Crippen LogP contribution in [0.25, 0.3) is 0 Å². The standard InChI is InChI=1S/C18H35NO9/c1-2-3-5-23-7-9-25-11-13-27-14-12-26-10-8-24-6-4-19-17(20)15-28-16-18(21)22/h2-16H2,1H3,(H,19,20)(H,21,22). The normalized spacial score (nSPS) is 10.9. The summed E-state index contributed by atoms with van der Waals surface area (Å²) in [5.41, 5.74) is 0. The van der Waals surface area contributed by atoms with E-state index >= 15 is 0 Å². The molecule has 1 amide bonds. The molecule has 0 aromatic carbocycles. The molecule has 0 unspecified atom stereocenters. The molecule has 0 atom stereocenters. The number of amides is 1. The topological polar surface area (TPSA) is 122 Å². The van der Waals surface area contributed by atoms with Crippen LogP contribution >= 0.6 is 0 Å². The highest BCUT2D eigenvalue weighted by molar-refractivity contribution is 5.77. The van der Waals surface area contributed by atoms with Crippen molar-refractivity contribution < 1.29 is 43.1 Å². The Hall–Kier alpha value is -1.30. The lowest BCUT2D eigenvalue weighted by Gasteiger charge is -2.08. The first kappa shape index (κ1) is 26.7. The molecule has 0 saturated heterocycles. The lowest BCUT2D eigenvalue weighted by Crippen LogP contribution is -2.31. The van der Waals surface area contributed by atoms with E-state index in [2.05, 4.69) is 17.0 Å². The van der Waals surface area contributed by atoms with Gasteiger partial charge in [-0.15, -0.1) is 0 Å². The predicted molar refractivity (Wildman–Crippen MR) is 100 cm³/mol. The summed E-state index contributed by atoms with van der Waals surface area (Å²) < 4.78 is 31.4. The molecule has 0 aliphatic rings. The molecule has 2 N–H and O–H groups in total. The number of carboxylic acids is 1. The Morgan fingerprint density at radius 1 is 0.679 bits per heavy atom. The highest BCUT2D eigenvalue weighted by Gasteiger charge is 2.02. The van der Waals surface area contributed by atoms with Crippen LogP contribution in [0.4, 0.5) is 0 Å². The van der Waals surface area contributed by atoms with Crippen molar-refractivity contribution >= 4 is 11.9 Å². The van der Waals surface area contributed by atoms with Crippen LogP contribution in [-0.2, 0) is 38.0 Å². The molecule has 0 aromatic heterocycles. The maximum atomic E-state index is 11.3. The minimum absolute atomic E-state index is 0.285. The van der Waals surface area contributed by atoms with Crippen molar-refractivity contribution in [1.82, 2.24) is 5.32 Å². The van der Waals surface area contributed by atoms with Crippen molar-refractivity contribution in [2.75, 3.05) is 85.8 Å². The SMILES string of the molecule is CCCCOCCOCCOCCOCCOCCNC(=O)COCC(=O)O. The number of hydrogen-bond donors (Lipinski definition) is 2. The summed E-state index contributed by atoms with van der Waals surface area (Å²) >= 11 is 0. The van der Waals surface area contributed by atoms with Gasteiger partial charge in [-0.1, -0.05) is 13.3 Å². The van der Waals surface area contributed by atoms with E-state index in [-0.39, 0.29) is 12.5 Å². The molecular weight excluding hydrogens is 374 g/mol. The van der Waals surface area contributed by atoms with E-state index in [0.29, 0.717) is 66.0 Å². The van der Waals surface area contributed by atoms with E-state index in [9.17, 15) is 9.59 Å². The van der Waals surface area contributed by atoms with E-state index < -0.39 is 12.6 Å². The van der Waals surface area contributed by atoms with Crippen molar-refractivity contribution in [3.05, 3.63) is 0 Å². The van der Waals surface area contributed by atoms with Crippen LogP contribution in [0.15, 0.2) is 0 Å². The maximum absolute atomic E-state index is 11.3. The van der Waals surface area contributed by atoms with Crippen LogP contribution in [0.1, 0.15) is 19.8 Å². The van der Waals surface area contributed by atoms with Crippen LogP contribution in [0.5, 0.6) is 0 Å². The van der Waals surface area contributed by atoms with Gasteiger partial charge >= 0.3 is 5.97 Å². The number of nitrogens with one attached hydrogen (secondary N) is 1. The zero-order valence-corrected chi connectivity index (χ0v) is 16.8. The molecular formula is C18H35NO9. The zero-order valence-electron chi connectivity index (χ0n) is 16.8. The first-order valence-corrected chi connectivity index (χ1v) is 9.61. The van der Waals surface area contributed by atoms with E-state index in [0.717, 1.165) is 19.4 Å². The minimum atomic E-state index is -1.11. The second kappa shape index (κ2) is 22.0. The van der Waals surface area contributed by atoms with Crippen LogP contribution in [0.3, 0.4) is 0 Å². The largest absolute Gasteiger partial charge is 0.480 e. The molecule has 0 heterocycles. The molecule has 0 saturated carbocycles. The van der Waals surface area contributed by atoms with E-state index in [1.807, 2.05) is 0 Å². The first-order chi connectivity index (χ1) is 13.7. The third-order valence-electron chi connectivity index (χ3n) is 3.16. The second-order valence-corrected chi connectivity index (χ2v) is 5.65. The molecule has 0 fully saturated rings. The van der Waals surface area contributed by atoms with Gasteiger partial charge in [0.05, 0.1) is 59.5 Å². The number of carbonyl (C=O) groups excluding carboxylic acids is 1. The van der Waals surface area contributed by atoms with Gasteiger partial charge in [0.1, 0.15) is 13.2 Å². The Balaban J connectivity index is 3.10. The number of aliphatic carboxylic acids is 1. The quantitative estimate of drug-likeness (QED) is 0.240. The number of unbranched alkanes of at least 4 members (excludes halogenated alkanes) is 1. The number of ether oxygens (including phenoxy) is 6. The maximum Gasteiger partial charge on any atom is 0.329 e. The fourth-order valence-electron chi connectivity index (χ4n) is 1.77. The Morgan fingerprint density at radius 3 is 1.61 bits per heavy atom. The number of carbonyl (C=O) groups is 2. The van der Waals surface area contributed by atoms with Crippen LogP contribution in [0, 0.1) is 0 Å². The Kier molecular flexibility index (Phi) is 21.0. The molecule has 0 rings (SSSR count). The van der Waals surface area contributed by atoms with Gasteiger partial charge in [0.25, 0.3) is 0 Å². The molecule has 166 valence electrons. The molecule has 0 aliphatic carbocycles. The smallest absolute Gasteiger partial charge is 0.329 e. The highest BCUT2D eigenvalue weighted by atomic mass is 16.6. The number of rotatable bonds is 22. The summed E-state index contributed by atoms with van der Waals surface area (Å²) in [5.74, 6) is -1.50. The fourth-order valence-corrected chi connectivity index (χ4v) is 1.77. The Morgan fingerprint density at radius 2 is 1.14 bits per heavy atom.